The molecule has 1 aromatic rings. The molecule has 20 heavy (non-hydrogen) atoms. The largest absolute Gasteiger partial charge is 0.496 e. The first-order valence-corrected chi connectivity index (χ1v) is 7.53. The molecule has 0 aliphatic carbocycles. The van der Waals surface area contributed by atoms with Crippen molar-refractivity contribution >= 4 is 21.7 Å². The Morgan fingerprint density at radius 2 is 2.05 bits per heavy atom. The number of ketones is 1. The number of halogens is 1. The van der Waals surface area contributed by atoms with Gasteiger partial charge in [-0.15, -0.1) is 0 Å². The SMILES string of the molecule is COc1ccc(C(=O)CN2CC(C)OC(C)C2)cc1Br. The maximum atomic E-state index is 12.3. The molecular weight excluding hydrogens is 322 g/mol. The molecule has 0 radical (unpaired) electrons. The summed E-state index contributed by atoms with van der Waals surface area (Å²) in [4.78, 5) is 14.5. The van der Waals surface area contributed by atoms with Crippen LogP contribution in [0.1, 0.15) is 24.2 Å². The summed E-state index contributed by atoms with van der Waals surface area (Å²) in [5.74, 6) is 0.852. The van der Waals surface area contributed by atoms with Gasteiger partial charge in [-0.05, 0) is 48.0 Å². The van der Waals surface area contributed by atoms with Gasteiger partial charge in [0.15, 0.2) is 5.78 Å². The van der Waals surface area contributed by atoms with Gasteiger partial charge in [0.25, 0.3) is 0 Å². The molecule has 0 aromatic heterocycles. The summed E-state index contributed by atoms with van der Waals surface area (Å²) in [5.41, 5.74) is 0.699. The topological polar surface area (TPSA) is 38.8 Å². The van der Waals surface area contributed by atoms with Gasteiger partial charge in [-0.3, -0.25) is 9.69 Å². The molecule has 110 valence electrons. The van der Waals surface area contributed by atoms with Crippen LogP contribution in [0.3, 0.4) is 0 Å². The van der Waals surface area contributed by atoms with E-state index in [-0.39, 0.29) is 18.0 Å². The summed E-state index contributed by atoms with van der Waals surface area (Å²) in [6.45, 7) is 6.10. The molecule has 1 aliphatic rings. The molecule has 1 aliphatic heterocycles. The van der Waals surface area contributed by atoms with Crippen molar-refractivity contribution in [2.45, 2.75) is 26.1 Å². The molecule has 2 unspecified atom stereocenters. The van der Waals surface area contributed by atoms with Crippen LogP contribution < -0.4 is 4.74 Å². The van der Waals surface area contributed by atoms with E-state index in [4.69, 9.17) is 9.47 Å². The van der Waals surface area contributed by atoms with Gasteiger partial charge in [-0.2, -0.15) is 0 Å². The van der Waals surface area contributed by atoms with E-state index in [2.05, 4.69) is 20.8 Å². The molecule has 2 atom stereocenters. The summed E-state index contributed by atoms with van der Waals surface area (Å²) in [5, 5.41) is 0. The molecule has 5 heteroatoms. The van der Waals surface area contributed by atoms with Gasteiger partial charge in [0.05, 0.1) is 30.3 Å². The second-order valence-corrected chi connectivity index (χ2v) is 6.08. The number of carbonyl (C=O) groups excluding carboxylic acids is 1. The number of ether oxygens (including phenoxy) is 2. The highest BCUT2D eigenvalue weighted by atomic mass is 79.9. The normalized spacial score (nSPS) is 23.6. The third kappa shape index (κ3) is 3.81. The van der Waals surface area contributed by atoms with Crippen molar-refractivity contribution in [3.63, 3.8) is 0 Å². The van der Waals surface area contributed by atoms with Gasteiger partial charge in [-0.1, -0.05) is 0 Å². The first-order chi connectivity index (χ1) is 9.49. The fourth-order valence-electron chi connectivity index (χ4n) is 2.55. The monoisotopic (exact) mass is 341 g/mol. The Hall–Kier alpha value is -0.910. The summed E-state index contributed by atoms with van der Waals surface area (Å²) in [6, 6.07) is 5.43. The van der Waals surface area contributed by atoms with Gasteiger partial charge in [0.2, 0.25) is 0 Å². The Morgan fingerprint density at radius 3 is 2.60 bits per heavy atom. The average Bonchev–Trinajstić information content (AvgIpc) is 2.37. The molecule has 1 fully saturated rings. The van der Waals surface area contributed by atoms with Crippen LogP contribution in [-0.4, -0.2) is 49.6 Å². The maximum Gasteiger partial charge on any atom is 0.176 e. The number of methoxy groups -OCH3 is 1. The Bertz CT molecular complexity index is 482. The standard InChI is InChI=1S/C15H20BrNO3/c1-10-7-17(8-11(2)20-10)9-14(18)12-4-5-15(19-3)13(16)6-12/h4-6,10-11H,7-9H2,1-3H3. The molecule has 0 spiro atoms. The smallest absolute Gasteiger partial charge is 0.176 e. The van der Waals surface area contributed by atoms with Crippen LogP contribution in [0.25, 0.3) is 0 Å². The van der Waals surface area contributed by atoms with Gasteiger partial charge >= 0.3 is 0 Å². The van der Waals surface area contributed by atoms with Crippen LogP contribution in [0.4, 0.5) is 0 Å². The quantitative estimate of drug-likeness (QED) is 0.789. The first kappa shape index (κ1) is 15.5. The van der Waals surface area contributed by atoms with Gasteiger partial charge in [0, 0.05) is 18.7 Å². The van der Waals surface area contributed by atoms with E-state index in [1.54, 1.807) is 13.2 Å². The Balaban J connectivity index is 2.02. The zero-order valence-electron chi connectivity index (χ0n) is 12.1. The molecule has 1 heterocycles. The minimum absolute atomic E-state index is 0.120. The predicted molar refractivity (Wildman–Crippen MR) is 81.5 cm³/mol. The molecule has 0 bridgehead atoms. The minimum Gasteiger partial charge on any atom is -0.496 e. The van der Waals surface area contributed by atoms with Crippen LogP contribution >= 0.6 is 15.9 Å². The van der Waals surface area contributed by atoms with Crippen molar-refractivity contribution in [2.24, 2.45) is 0 Å². The molecule has 1 aromatic carbocycles. The molecule has 0 N–H and O–H groups in total. The number of Topliss-reactive ketones (excluding diaryl/α,β-unsaturated/α-hetero) is 1. The second kappa shape index (κ2) is 6.70. The van der Waals surface area contributed by atoms with Crippen LogP contribution in [0, 0.1) is 0 Å². The number of hydrogen-bond donors (Lipinski definition) is 0. The van der Waals surface area contributed by atoms with Crippen LogP contribution in [0.15, 0.2) is 22.7 Å². The van der Waals surface area contributed by atoms with E-state index < -0.39 is 0 Å². The van der Waals surface area contributed by atoms with Gasteiger partial charge in [-0.25, -0.2) is 0 Å². The number of rotatable bonds is 4. The number of benzene rings is 1. The zero-order valence-corrected chi connectivity index (χ0v) is 13.6. The van der Waals surface area contributed by atoms with Gasteiger partial charge in [0.1, 0.15) is 5.75 Å². The minimum atomic E-state index is 0.120. The van der Waals surface area contributed by atoms with E-state index in [9.17, 15) is 4.79 Å². The average molecular weight is 342 g/mol. The molecule has 2 rings (SSSR count). The van der Waals surface area contributed by atoms with Crippen molar-refractivity contribution in [1.29, 1.82) is 0 Å². The lowest BCUT2D eigenvalue weighted by molar-refractivity contribution is -0.0652. The highest BCUT2D eigenvalue weighted by molar-refractivity contribution is 9.10. The van der Waals surface area contributed by atoms with Crippen LogP contribution in [0.2, 0.25) is 0 Å². The van der Waals surface area contributed by atoms with Crippen molar-refractivity contribution in [1.82, 2.24) is 4.90 Å². The Morgan fingerprint density at radius 1 is 1.40 bits per heavy atom. The van der Waals surface area contributed by atoms with Crippen LogP contribution in [-0.2, 0) is 4.74 Å². The summed E-state index contributed by atoms with van der Waals surface area (Å²) < 4.78 is 11.6. The Labute approximate surface area is 128 Å². The number of nitrogens with zero attached hydrogens (tertiary/aromatic N) is 1. The number of morpholine rings is 1. The molecule has 1 saturated heterocycles. The molecule has 4 nitrogen and oxygen atoms in total. The molecule has 0 saturated carbocycles. The van der Waals surface area contributed by atoms with E-state index in [0.29, 0.717) is 12.1 Å². The van der Waals surface area contributed by atoms with E-state index >= 15 is 0 Å². The fraction of sp³-hybridized carbons (Fsp3) is 0.533. The van der Waals surface area contributed by atoms with Crippen molar-refractivity contribution in [3.8, 4) is 5.75 Å². The summed E-state index contributed by atoms with van der Waals surface area (Å²) in [7, 11) is 1.61. The van der Waals surface area contributed by atoms with E-state index in [1.807, 2.05) is 26.0 Å². The lowest BCUT2D eigenvalue weighted by Gasteiger charge is -2.34. The van der Waals surface area contributed by atoms with E-state index in [0.717, 1.165) is 23.3 Å². The number of hydrogen-bond acceptors (Lipinski definition) is 4. The lowest BCUT2D eigenvalue weighted by Crippen LogP contribution is -2.47. The Kier molecular flexibility index (Phi) is 5.18. The van der Waals surface area contributed by atoms with Crippen LogP contribution in [0.5, 0.6) is 5.75 Å². The molecular formula is C15H20BrNO3. The van der Waals surface area contributed by atoms with Gasteiger partial charge < -0.3 is 9.47 Å². The first-order valence-electron chi connectivity index (χ1n) is 6.74. The predicted octanol–water partition coefficient (Wildman–Crippen LogP) is 2.75. The van der Waals surface area contributed by atoms with E-state index in [1.165, 1.54) is 0 Å². The third-order valence-corrected chi connectivity index (χ3v) is 3.96. The highest BCUT2D eigenvalue weighted by Crippen LogP contribution is 2.25. The zero-order chi connectivity index (χ0) is 14.7. The van der Waals surface area contributed by atoms with Crippen molar-refractivity contribution in [2.75, 3.05) is 26.7 Å². The lowest BCUT2D eigenvalue weighted by atomic mass is 10.1. The fourth-order valence-corrected chi connectivity index (χ4v) is 3.09. The highest BCUT2D eigenvalue weighted by Gasteiger charge is 2.24. The van der Waals surface area contributed by atoms with Crippen molar-refractivity contribution < 1.29 is 14.3 Å². The molecule has 0 amide bonds. The second-order valence-electron chi connectivity index (χ2n) is 5.22. The number of carbonyl (C=O) groups is 1. The maximum absolute atomic E-state index is 12.3. The van der Waals surface area contributed by atoms with Crippen molar-refractivity contribution in [3.05, 3.63) is 28.2 Å². The summed E-state index contributed by atoms with van der Waals surface area (Å²) in [6.07, 6.45) is 0.350. The third-order valence-electron chi connectivity index (χ3n) is 3.34. The summed E-state index contributed by atoms with van der Waals surface area (Å²) >= 11 is 3.41.